The number of rotatable bonds is 8. The Labute approximate surface area is 183 Å². The summed E-state index contributed by atoms with van der Waals surface area (Å²) >= 11 is 0. The molecule has 0 saturated heterocycles. The van der Waals surface area contributed by atoms with Crippen molar-refractivity contribution in [3.05, 3.63) is 102 Å². The number of hydrogen-bond acceptors (Lipinski definition) is 3. The topological polar surface area (TPSA) is 64.0 Å². The largest absolute Gasteiger partial charge is 0.240 e. The third kappa shape index (κ3) is 4.93. The van der Waals surface area contributed by atoms with Crippen molar-refractivity contribution in [1.82, 2.24) is 14.5 Å². The van der Waals surface area contributed by atoms with E-state index in [4.69, 9.17) is 5.10 Å². The number of nitrogens with zero attached hydrogens (tertiary/aromatic N) is 2. The zero-order chi connectivity index (χ0) is 21.7. The van der Waals surface area contributed by atoms with Crippen LogP contribution >= 0.6 is 0 Å². The predicted octanol–water partition coefficient (Wildman–Crippen LogP) is 4.97. The van der Waals surface area contributed by atoms with E-state index in [-0.39, 0.29) is 11.4 Å². The molecule has 0 aliphatic rings. The smallest absolute Gasteiger partial charge is 0.240 e. The van der Waals surface area contributed by atoms with Crippen LogP contribution in [0.15, 0.2) is 96.0 Å². The third-order valence-electron chi connectivity index (χ3n) is 5.08. The lowest BCUT2D eigenvalue weighted by atomic mass is 10.1. The molecule has 0 atom stereocenters. The molecular formula is C25H25N3O2S. The van der Waals surface area contributed by atoms with Gasteiger partial charge < -0.3 is 0 Å². The Kier molecular flexibility index (Phi) is 6.30. The number of sulfonamides is 1. The Morgan fingerprint density at radius 3 is 2.16 bits per heavy atom. The summed E-state index contributed by atoms with van der Waals surface area (Å²) < 4.78 is 30.2. The summed E-state index contributed by atoms with van der Waals surface area (Å²) in [6, 6.07) is 26.7. The molecule has 0 bridgehead atoms. The second-order valence-electron chi connectivity index (χ2n) is 7.37. The van der Waals surface area contributed by atoms with Crippen LogP contribution in [0.3, 0.4) is 0 Å². The molecule has 0 unspecified atom stereocenters. The van der Waals surface area contributed by atoms with Crippen molar-refractivity contribution in [2.24, 2.45) is 0 Å². The molecule has 0 amide bonds. The summed E-state index contributed by atoms with van der Waals surface area (Å²) in [5.74, 6) is 0. The molecule has 0 spiro atoms. The van der Waals surface area contributed by atoms with Gasteiger partial charge in [-0.2, -0.15) is 5.10 Å². The summed E-state index contributed by atoms with van der Waals surface area (Å²) in [4.78, 5) is 0.268. The van der Waals surface area contributed by atoms with Crippen molar-refractivity contribution in [3.8, 4) is 16.9 Å². The Balaban J connectivity index is 1.62. The highest BCUT2D eigenvalue weighted by atomic mass is 32.2. The van der Waals surface area contributed by atoms with Crippen molar-refractivity contribution in [2.75, 3.05) is 0 Å². The molecule has 0 saturated carbocycles. The van der Waals surface area contributed by atoms with Gasteiger partial charge in [-0.15, -0.1) is 0 Å². The highest BCUT2D eigenvalue weighted by molar-refractivity contribution is 7.89. The Bertz CT molecular complexity index is 1230. The number of aromatic nitrogens is 2. The third-order valence-corrected chi connectivity index (χ3v) is 6.50. The van der Waals surface area contributed by atoms with E-state index in [9.17, 15) is 8.42 Å². The van der Waals surface area contributed by atoms with E-state index in [0.29, 0.717) is 0 Å². The fourth-order valence-corrected chi connectivity index (χ4v) is 4.48. The molecule has 5 nitrogen and oxygen atoms in total. The van der Waals surface area contributed by atoms with Crippen LogP contribution in [0.5, 0.6) is 0 Å². The fraction of sp³-hybridized carbons (Fsp3) is 0.160. The number of para-hydroxylation sites is 1. The van der Waals surface area contributed by atoms with Crippen LogP contribution in [-0.4, -0.2) is 18.2 Å². The molecule has 1 heterocycles. The molecule has 0 aliphatic heterocycles. The van der Waals surface area contributed by atoms with Crippen LogP contribution in [-0.2, 0) is 23.0 Å². The highest BCUT2D eigenvalue weighted by Gasteiger charge is 2.17. The summed E-state index contributed by atoms with van der Waals surface area (Å²) in [6.45, 7) is 2.25. The lowest BCUT2D eigenvalue weighted by molar-refractivity contribution is 0.581. The first-order valence-corrected chi connectivity index (χ1v) is 11.8. The molecule has 31 heavy (non-hydrogen) atoms. The number of aryl methyl sites for hydroxylation is 1. The van der Waals surface area contributed by atoms with E-state index in [1.165, 1.54) is 0 Å². The normalized spacial score (nSPS) is 11.5. The molecule has 6 heteroatoms. The van der Waals surface area contributed by atoms with Gasteiger partial charge in [0, 0.05) is 23.9 Å². The molecule has 1 N–H and O–H groups in total. The summed E-state index contributed by atoms with van der Waals surface area (Å²) in [5, 5.41) is 4.74. The van der Waals surface area contributed by atoms with Crippen LogP contribution in [0.25, 0.3) is 16.9 Å². The summed E-state index contributed by atoms with van der Waals surface area (Å²) in [6.07, 6.45) is 3.84. The SMILES string of the molecule is CCCc1ccc(S(=O)(=O)NCc2cn(-c3ccccc3)nc2-c2ccccc2)cc1. The van der Waals surface area contributed by atoms with Crippen LogP contribution in [0.2, 0.25) is 0 Å². The van der Waals surface area contributed by atoms with Gasteiger partial charge in [0.25, 0.3) is 0 Å². The van der Waals surface area contributed by atoms with Crippen molar-refractivity contribution in [1.29, 1.82) is 0 Å². The maximum absolute atomic E-state index is 12.9. The minimum atomic E-state index is -3.63. The van der Waals surface area contributed by atoms with Gasteiger partial charge in [-0.3, -0.25) is 0 Å². The van der Waals surface area contributed by atoms with Gasteiger partial charge in [0.05, 0.1) is 16.3 Å². The van der Waals surface area contributed by atoms with E-state index >= 15 is 0 Å². The second kappa shape index (κ2) is 9.29. The minimum Gasteiger partial charge on any atom is -0.240 e. The Hall–Kier alpha value is -3.22. The van der Waals surface area contributed by atoms with Gasteiger partial charge in [0.15, 0.2) is 0 Å². The van der Waals surface area contributed by atoms with Crippen molar-refractivity contribution >= 4 is 10.0 Å². The van der Waals surface area contributed by atoms with Gasteiger partial charge in [-0.25, -0.2) is 17.8 Å². The average molecular weight is 432 g/mol. The monoisotopic (exact) mass is 431 g/mol. The predicted molar refractivity (Wildman–Crippen MR) is 123 cm³/mol. The lowest BCUT2D eigenvalue weighted by Crippen LogP contribution is -2.23. The van der Waals surface area contributed by atoms with Crippen molar-refractivity contribution in [3.63, 3.8) is 0 Å². The highest BCUT2D eigenvalue weighted by Crippen LogP contribution is 2.24. The zero-order valence-electron chi connectivity index (χ0n) is 17.4. The zero-order valence-corrected chi connectivity index (χ0v) is 18.2. The molecule has 0 aliphatic carbocycles. The number of benzene rings is 3. The molecule has 3 aromatic carbocycles. The van der Waals surface area contributed by atoms with Gasteiger partial charge in [0.2, 0.25) is 10.0 Å². The van der Waals surface area contributed by atoms with E-state index in [1.54, 1.807) is 16.8 Å². The van der Waals surface area contributed by atoms with Crippen LogP contribution in [0.4, 0.5) is 0 Å². The number of hydrogen-bond donors (Lipinski definition) is 1. The van der Waals surface area contributed by atoms with Gasteiger partial charge in [-0.1, -0.05) is 74.0 Å². The van der Waals surface area contributed by atoms with Crippen molar-refractivity contribution in [2.45, 2.75) is 31.2 Å². The standard InChI is InChI=1S/C25H25N3O2S/c1-2-9-20-14-16-24(17-15-20)31(29,30)26-18-22-19-28(23-12-7-4-8-13-23)27-25(22)21-10-5-3-6-11-21/h3-8,10-17,19,26H,2,9,18H2,1H3. The van der Waals surface area contributed by atoms with Crippen molar-refractivity contribution < 1.29 is 8.42 Å². The average Bonchev–Trinajstić information content (AvgIpc) is 3.24. The molecule has 0 fully saturated rings. The van der Waals surface area contributed by atoms with E-state index in [0.717, 1.165) is 40.9 Å². The maximum Gasteiger partial charge on any atom is 0.240 e. The van der Waals surface area contributed by atoms with Gasteiger partial charge in [0.1, 0.15) is 0 Å². The molecule has 158 valence electrons. The Morgan fingerprint density at radius 1 is 0.871 bits per heavy atom. The first-order chi connectivity index (χ1) is 15.1. The summed E-state index contributed by atoms with van der Waals surface area (Å²) in [5.41, 5.74) is 4.55. The van der Waals surface area contributed by atoms with E-state index in [2.05, 4.69) is 11.6 Å². The van der Waals surface area contributed by atoms with Crippen LogP contribution < -0.4 is 4.72 Å². The first-order valence-electron chi connectivity index (χ1n) is 10.3. The van der Waals surface area contributed by atoms with Crippen LogP contribution in [0.1, 0.15) is 24.5 Å². The summed E-state index contributed by atoms with van der Waals surface area (Å²) in [7, 11) is -3.63. The van der Waals surface area contributed by atoms with E-state index < -0.39 is 10.0 Å². The lowest BCUT2D eigenvalue weighted by Gasteiger charge is -2.08. The maximum atomic E-state index is 12.9. The Morgan fingerprint density at radius 2 is 1.52 bits per heavy atom. The van der Waals surface area contributed by atoms with Gasteiger partial charge >= 0.3 is 0 Å². The second-order valence-corrected chi connectivity index (χ2v) is 9.13. The fourth-order valence-electron chi connectivity index (χ4n) is 3.47. The van der Waals surface area contributed by atoms with E-state index in [1.807, 2.05) is 79.0 Å². The molecule has 4 aromatic rings. The number of nitrogens with one attached hydrogen (secondary N) is 1. The minimum absolute atomic E-state index is 0.149. The first kappa shape index (κ1) is 21.0. The molecular weight excluding hydrogens is 406 g/mol. The van der Waals surface area contributed by atoms with Gasteiger partial charge in [-0.05, 0) is 36.2 Å². The molecule has 4 rings (SSSR count). The molecule has 1 aromatic heterocycles. The quantitative estimate of drug-likeness (QED) is 0.428. The van der Waals surface area contributed by atoms with Crippen LogP contribution in [0, 0.1) is 0 Å². The molecule has 0 radical (unpaired) electrons.